The van der Waals surface area contributed by atoms with Crippen molar-refractivity contribution in [1.29, 1.82) is 0 Å². The molecule has 6 heteroatoms. The van der Waals surface area contributed by atoms with Gasteiger partial charge < -0.3 is 19.3 Å². The number of ketones is 1. The Morgan fingerprint density at radius 1 is 0.952 bits per heavy atom. The van der Waals surface area contributed by atoms with Gasteiger partial charge in [0.25, 0.3) is 0 Å². The van der Waals surface area contributed by atoms with Gasteiger partial charge in [0.05, 0.1) is 21.3 Å². The molecular weight excluding hydrogens is 276 g/mol. The van der Waals surface area contributed by atoms with Crippen LogP contribution < -0.4 is 14.2 Å². The van der Waals surface area contributed by atoms with E-state index in [2.05, 4.69) is 0 Å². The van der Waals surface area contributed by atoms with Crippen LogP contribution in [0.3, 0.4) is 0 Å². The van der Waals surface area contributed by atoms with Crippen LogP contribution in [0.25, 0.3) is 6.08 Å². The number of carbonyl (C=O) groups is 2. The van der Waals surface area contributed by atoms with Crippen molar-refractivity contribution < 1.29 is 28.9 Å². The number of carboxylic acids is 1. The van der Waals surface area contributed by atoms with E-state index in [4.69, 9.17) is 19.3 Å². The van der Waals surface area contributed by atoms with Crippen molar-refractivity contribution in [3.05, 3.63) is 35.9 Å². The highest BCUT2D eigenvalue weighted by atomic mass is 16.5. The number of hydrogen-bond acceptors (Lipinski definition) is 5. The summed E-state index contributed by atoms with van der Waals surface area (Å²) in [5, 5.41) is 8.43. The molecule has 0 aliphatic carbocycles. The molecule has 0 saturated carbocycles. The molecule has 0 fully saturated rings. The summed E-state index contributed by atoms with van der Waals surface area (Å²) in [6.45, 7) is 0. The van der Waals surface area contributed by atoms with Crippen LogP contribution >= 0.6 is 0 Å². The second kappa shape index (κ2) is 7.74. The van der Waals surface area contributed by atoms with Crippen LogP contribution in [0.1, 0.15) is 5.56 Å². The molecule has 0 bridgehead atoms. The van der Waals surface area contributed by atoms with Crippen molar-refractivity contribution in [3.8, 4) is 17.2 Å². The van der Waals surface area contributed by atoms with E-state index in [-0.39, 0.29) is 0 Å². The average molecular weight is 292 g/mol. The van der Waals surface area contributed by atoms with Gasteiger partial charge in [-0.3, -0.25) is 4.79 Å². The highest BCUT2D eigenvalue weighted by molar-refractivity contribution is 6.04. The first-order chi connectivity index (χ1) is 10.0. The number of allylic oxidation sites excluding steroid dienone is 2. The first-order valence-electron chi connectivity index (χ1n) is 5.95. The molecule has 0 heterocycles. The van der Waals surface area contributed by atoms with Crippen molar-refractivity contribution in [1.82, 2.24) is 0 Å². The Hall–Kier alpha value is -2.76. The molecule has 0 aliphatic rings. The quantitative estimate of drug-likeness (QED) is 0.773. The van der Waals surface area contributed by atoms with Crippen molar-refractivity contribution in [3.63, 3.8) is 0 Å². The lowest BCUT2D eigenvalue weighted by Gasteiger charge is -2.12. The van der Waals surface area contributed by atoms with Crippen LogP contribution in [-0.2, 0) is 9.59 Å². The first kappa shape index (κ1) is 16.3. The van der Waals surface area contributed by atoms with Gasteiger partial charge >= 0.3 is 5.97 Å². The maximum Gasteiger partial charge on any atom is 0.328 e. The molecule has 0 aliphatic heterocycles. The summed E-state index contributed by atoms with van der Waals surface area (Å²) in [5.74, 6) is -0.236. The zero-order valence-corrected chi connectivity index (χ0v) is 12.0. The molecule has 0 unspecified atom stereocenters. The zero-order chi connectivity index (χ0) is 15.8. The largest absolute Gasteiger partial charge is 0.493 e. The molecule has 0 aromatic heterocycles. The average Bonchev–Trinajstić information content (AvgIpc) is 2.49. The molecule has 0 amide bonds. The van der Waals surface area contributed by atoms with E-state index >= 15 is 0 Å². The topological polar surface area (TPSA) is 82.1 Å². The van der Waals surface area contributed by atoms with E-state index in [1.54, 1.807) is 12.1 Å². The van der Waals surface area contributed by atoms with Crippen molar-refractivity contribution in [2.75, 3.05) is 21.3 Å². The molecule has 21 heavy (non-hydrogen) atoms. The zero-order valence-electron chi connectivity index (χ0n) is 12.0. The summed E-state index contributed by atoms with van der Waals surface area (Å²) in [5.41, 5.74) is 0.654. The van der Waals surface area contributed by atoms with E-state index in [1.807, 2.05) is 0 Å². The van der Waals surface area contributed by atoms with Gasteiger partial charge in [0.15, 0.2) is 17.3 Å². The van der Waals surface area contributed by atoms with E-state index in [0.29, 0.717) is 22.8 Å². The Morgan fingerprint density at radius 2 is 1.52 bits per heavy atom. The van der Waals surface area contributed by atoms with Crippen molar-refractivity contribution in [2.45, 2.75) is 0 Å². The lowest BCUT2D eigenvalue weighted by molar-refractivity contribution is -0.131. The van der Waals surface area contributed by atoms with Crippen molar-refractivity contribution in [2.24, 2.45) is 0 Å². The Labute approximate surface area is 122 Å². The third kappa shape index (κ3) is 4.68. The first-order valence-corrected chi connectivity index (χ1v) is 5.95. The lowest BCUT2D eigenvalue weighted by atomic mass is 10.1. The van der Waals surface area contributed by atoms with Gasteiger partial charge in [-0.25, -0.2) is 4.79 Å². The number of carboxylic acid groups (broad SMARTS) is 1. The van der Waals surface area contributed by atoms with Gasteiger partial charge in [0, 0.05) is 6.08 Å². The van der Waals surface area contributed by atoms with E-state index in [1.165, 1.54) is 33.5 Å². The number of hydrogen-bond donors (Lipinski definition) is 1. The second-order valence-corrected chi connectivity index (χ2v) is 3.87. The molecule has 0 atom stereocenters. The van der Waals surface area contributed by atoms with E-state index in [0.717, 1.165) is 12.2 Å². The maximum absolute atomic E-state index is 11.4. The number of rotatable bonds is 7. The Bertz CT molecular complexity index is 561. The van der Waals surface area contributed by atoms with Gasteiger partial charge in [0.1, 0.15) is 0 Å². The molecule has 0 saturated heterocycles. The fourth-order valence-corrected chi connectivity index (χ4v) is 1.58. The van der Waals surface area contributed by atoms with Crippen LogP contribution in [0.5, 0.6) is 17.2 Å². The maximum atomic E-state index is 11.4. The van der Waals surface area contributed by atoms with Crippen LogP contribution in [0.2, 0.25) is 0 Å². The highest BCUT2D eigenvalue weighted by Gasteiger charge is 2.11. The normalized spacial score (nSPS) is 10.8. The molecule has 1 rings (SSSR count). The second-order valence-electron chi connectivity index (χ2n) is 3.87. The standard InChI is InChI=1S/C15H16O6/c1-19-12-8-10(9-13(20-2)15(12)21-3)4-5-11(16)6-7-14(17)18/h4-9H,1-3H3,(H,17,18)/b5-4+,7-6+. The van der Waals surface area contributed by atoms with Gasteiger partial charge in [-0.2, -0.15) is 0 Å². The predicted octanol–water partition coefficient (Wildman–Crippen LogP) is 1.94. The summed E-state index contributed by atoms with van der Waals surface area (Å²) in [4.78, 5) is 21.7. The molecule has 0 spiro atoms. The molecule has 6 nitrogen and oxygen atoms in total. The summed E-state index contributed by atoms with van der Waals surface area (Å²) in [7, 11) is 4.48. The third-order valence-corrected chi connectivity index (χ3v) is 2.52. The SMILES string of the molecule is COc1cc(/C=C/C(=O)/C=C/C(=O)O)cc(OC)c1OC. The molecule has 1 N–H and O–H groups in total. The lowest BCUT2D eigenvalue weighted by Crippen LogP contribution is -1.96. The summed E-state index contributed by atoms with van der Waals surface area (Å²) in [6.07, 6.45) is 4.53. The highest BCUT2D eigenvalue weighted by Crippen LogP contribution is 2.38. The Balaban J connectivity index is 3.03. The number of carbonyl (C=O) groups excluding carboxylic acids is 1. The number of benzene rings is 1. The summed E-state index contributed by atoms with van der Waals surface area (Å²) in [6, 6.07) is 3.35. The van der Waals surface area contributed by atoms with Crippen molar-refractivity contribution >= 4 is 17.8 Å². The van der Waals surface area contributed by atoms with Gasteiger partial charge in [0.2, 0.25) is 5.75 Å². The van der Waals surface area contributed by atoms with Crippen LogP contribution in [-0.4, -0.2) is 38.2 Å². The number of ether oxygens (including phenoxy) is 3. The van der Waals surface area contributed by atoms with Gasteiger partial charge in [-0.15, -0.1) is 0 Å². The Morgan fingerprint density at radius 3 is 1.95 bits per heavy atom. The smallest absolute Gasteiger partial charge is 0.328 e. The Kier molecular flexibility index (Phi) is 6.00. The summed E-state index contributed by atoms with van der Waals surface area (Å²) < 4.78 is 15.6. The molecule has 112 valence electrons. The van der Waals surface area contributed by atoms with Crippen LogP contribution in [0.4, 0.5) is 0 Å². The van der Waals surface area contributed by atoms with E-state index in [9.17, 15) is 9.59 Å². The molecule has 0 radical (unpaired) electrons. The third-order valence-electron chi connectivity index (χ3n) is 2.52. The van der Waals surface area contributed by atoms with Crippen LogP contribution in [0.15, 0.2) is 30.4 Å². The molecule has 1 aromatic carbocycles. The van der Waals surface area contributed by atoms with Gasteiger partial charge in [-0.1, -0.05) is 6.08 Å². The summed E-state index contributed by atoms with van der Waals surface area (Å²) >= 11 is 0. The van der Waals surface area contributed by atoms with Crippen LogP contribution in [0, 0.1) is 0 Å². The minimum absolute atomic E-state index is 0.439. The van der Waals surface area contributed by atoms with E-state index < -0.39 is 11.8 Å². The predicted molar refractivity (Wildman–Crippen MR) is 76.9 cm³/mol. The number of aliphatic carboxylic acids is 1. The molecular formula is C15H16O6. The monoisotopic (exact) mass is 292 g/mol. The van der Waals surface area contributed by atoms with Gasteiger partial charge in [-0.05, 0) is 29.8 Å². The number of methoxy groups -OCH3 is 3. The fraction of sp³-hybridized carbons (Fsp3) is 0.200. The fourth-order valence-electron chi connectivity index (χ4n) is 1.58. The minimum atomic E-state index is -1.18. The molecule has 1 aromatic rings. The minimum Gasteiger partial charge on any atom is -0.493 e.